The quantitative estimate of drug-likeness (QED) is 0.249. The molecule has 0 radical (unpaired) electrons. The largest absolute Gasteiger partial charge is 0.493 e. The van der Waals surface area contributed by atoms with E-state index in [0.717, 1.165) is 17.3 Å². The average molecular weight is 264 g/mol. The molecule has 0 heterocycles. The van der Waals surface area contributed by atoms with Crippen LogP contribution in [-0.4, -0.2) is 20.3 Å². The molecule has 0 aliphatic heterocycles. The third-order valence-corrected chi connectivity index (χ3v) is 2.65. The van der Waals surface area contributed by atoms with Gasteiger partial charge >= 0.3 is 0 Å². The van der Waals surface area contributed by atoms with Crippen LogP contribution in [0, 0.1) is 10.7 Å². The molecule has 0 atom stereocenters. The molecule has 0 aromatic heterocycles. The Morgan fingerprint density at radius 2 is 2.33 bits per heavy atom. The molecule has 1 aromatic carbocycles. The fraction of sp³-hybridized carbons (Fsp3) is 0.364. The highest BCUT2D eigenvalue weighted by Crippen LogP contribution is 2.29. The van der Waals surface area contributed by atoms with Crippen molar-refractivity contribution in [2.45, 2.75) is 5.75 Å². The fourth-order valence-corrected chi connectivity index (χ4v) is 1.69. The van der Waals surface area contributed by atoms with Crippen LogP contribution in [0.1, 0.15) is 5.56 Å². The van der Waals surface area contributed by atoms with Crippen molar-refractivity contribution in [1.82, 2.24) is 0 Å². The molecule has 1 aromatic rings. The van der Waals surface area contributed by atoms with E-state index >= 15 is 0 Å². The first-order chi connectivity index (χ1) is 8.81. The summed E-state index contributed by atoms with van der Waals surface area (Å²) in [4.78, 5) is 2.64. The predicted octanol–water partition coefficient (Wildman–Crippen LogP) is 3.10. The van der Waals surface area contributed by atoms with E-state index in [1.807, 2.05) is 17.5 Å². The maximum Gasteiger partial charge on any atom is 0.161 e. The van der Waals surface area contributed by atoms with Crippen molar-refractivity contribution in [2.75, 3.05) is 20.3 Å². The number of rotatable bonds is 7. The van der Waals surface area contributed by atoms with Crippen LogP contribution in [0.3, 0.4) is 0 Å². The lowest BCUT2D eigenvalue weighted by Crippen LogP contribution is -2.02. The summed E-state index contributed by atoms with van der Waals surface area (Å²) in [5.74, 6) is 1.80. The zero-order valence-electron chi connectivity index (χ0n) is 9.87. The standard InChI is InChI=1S/C11H12N4O2S/c1-16-11-6-9(7-18-8-12)2-3-10(11)17-5-4-14-15-13/h2-3,6H,4-5,7H2,1H3. The van der Waals surface area contributed by atoms with Crippen LogP contribution >= 0.6 is 11.8 Å². The van der Waals surface area contributed by atoms with Crippen molar-refractivity contribution in [2.24, 2.45) is 5.11 Å². The Bertz CT molecular complexity index is 480. The summed E-state index contributed by atoms with van der Waals surface area (Å²) in [6.07, 6.45) is 0. The number of nitriles is 1. The van der Waals surface area contributed by atoms with E-state index in [0.29, 0.717) is 23.9 Å². The second-order valence-corrected chi connectivity index (χ2v) is 3.93. The van der Waals surface area contributed by atoms with E-state index in [-0.39, 0.29) is 6.54 Å². The third-order valence-electron chi connectivity index (χ3n) is 2.04. The molecule has 0 N–H and O–H groups in total. The number of azide groups is 1. The molecule has 0 spiro atoms. The summed E-state index contributed by atoms with van der Waals surface area (Å²) < 4.78 is 10.6. The molecule has 18 heavy (non-hydrogen) atoms. The molecule has 0 saturated carbocycles. The molecule has 7 heteroatoms. The van der Waals surface area contributed by atoms with Crippen molar-refractivity contribution in [1.29, 1.82) is 5.26 Å². The Morgan fingerprint density at radius 3 is 3.00 bits per heavy atom. The van der Waals surface area contributed by atoms with E-state index in [4.69, 9.17) is 20.3 Å². The zero-order valence-corrected chi connectivity index (χ0v) is 10.7. The van der Waals surface area contributed by atoms with E-state index in [2.05, 4.69) is 10.0 Å². The Labute approximate surface area is 109 Å². The highest BCUT2D eigenvalue weighted by atomic mass is 32.2. The van der Waals surface area contributed by atoms with Gasteiger partial charge in [0.1, 0.15) is 5.40 Å². The third kappa shape index (κ3) is 4.45. The molecule has 6 nitrogen and oxygen atoms in total. The number of hydrogen-bond acceptors (Lipinski definition) is 5. The van der Waals surface area contributed by atoms with Crippen LogP contribution in [0.15, 0.2) is 23.3 Å². The van der Waals surface area contributed by atoms with Crippen molar-refractivity contribution >= 4 is 11.8 Å². The second-order valence-electron chi connectivity index (χ2n) is 3.17. The first-order valence-corrected chi connectivity index (χ1v) is 6.11. The first-order valence-electron chi connectivity index (χ1n) is 5.13. The lowest BCUT2D eigenvalue weighted by atomic mass is 10.2. The second kappa shape index (κ2) is 8.12. The van der Waals surface area contributed by atoms with E-state index in [1.54, 1.807) is 13.2 Å². The minimum Gasteiger partial charge on any atom is -0.493 e. The first kappa shape index (κ1) is 14.0. The van der Waals surface area contributed by atoms with Gasteiger partial charge in [0.2, 0.25) is 0 Å². The van der Waals surface area contributed by atoms with Gasteiger partial charge in [0, 0.05) is 10.7 Å². The molecule has 0 aliphatic carbocycles. The number of benzene rings is 1. The van der Waals surface area contributed by atoms with Crippen LogP contribution in [0.2, 0.25) is 0 Å². The molecule has 0 unspecified atom stereocenters. The number of thiocyanates is 1. The summed E-state index contributed by atoms with van der Waals surface area (Å²) in [7, 11) is 1.55. The lowest BCUT2D eigenvalue weighted by Gasteiger charge is -2.10. The molecule has 0 fully saturated rings. The Kier molecular flexibility index (Phi) is 6.33. The highest BCUT2D eigenvalue weighted by molar-refractivity contribution is 8.02. The zero-order chi connectivity index (χ0) is 13.2. The van der Waals surface area contributed by atoms with Crippen LogP contribution in [-0.2, 0) is 5.75 Å². The van der Waals surface area contributed by atoms with Crippen LogP contribution in [0.4, 0.5) is 0 Å². The van der Waals surface area contributed by atoms with Gasteiger partial charge in [0.15, 0.2) is 11.5 Å². The van der Waals surface area contributed by atoms with E-state index in [9.17, 15) is 0 Å². The Balaban J connectivity index is 2.67. The molecular formula is C11H12N4O2S. The van der Waals surface area contributed by atoms with E-state index in [1.165, 1.54) is 0 Å². The van der Waals surface area contributed by atoms with Gasteiger partial charge in [-0.15, -0.1) is 0 Å². The van der Waals surface area contributed by atoms with Crippen molar-refractivity contribution in [3.63, 3.8) is 0 Å². The number of nitrogens with zero attached hydrogens (tertiary/aromatic N) is 4. The summed E-state index contributed by atoms with van der Waals surface area (Å²) in [6, 6.07) is 5.48. The smallest absolute Gasteiger partial charge is 0.161 e. The summed E-state index contributed by atoms with van der Waals surface area (Å²) >= 11 is 1.16. The minimum atomic E-state index is 0.270. The van der Waals surface area contributed by atoms with Gasteiger partial charge in [0.05, 0.1) is 20.3 Å². The molecule has 0 bridgehead atoms. The van der Waals surface area contributed by atoms with Crippen LogP contribution in [0.25, 0.3) is 10.4 Å². The molecule has 1 rings (SSSR count). The number of thioether (sulfide) groups is 1. The Morgan fingerprint density at radius 1 is 1.50 bits per heavy atom. The topological polar surface area (TPSA) is 91.0 Å². The van der Waals surface area contributed by atoms with Crippen LogP contribution < -0.4 is 9.47 Å². The number of ether oxygens (including phenoxy) is 2. The average Bonchev–Trinajstić information content (AvgIpc) is 2.42. The van der Waals surface area contributed by atoms with Gasteiger partial charge in [-0.25, -0.2) is 0 Å². The maximum atomic E-state index is 8.49. The summed E-state index contributed by atoms with van der Waals surface area (Å²) in [5, 5.41) is 13.9. The van der Waals surface area contributed by atoms with Gasteiger partial charge in [-0.05, 0) is 35.0 Å². The van der Waals surface area contributed by atoms with Gasteiger partial charge in [0.25, 0.3) is 0 Å². The van der Waals surface area contributed by atoms with E-state index < -0.39 is 0 Å². The summed E-state index contributed by atoms with van der Waals surface area (Å²) in [6.45, 7) is 0.568. The molecule has 0 saturated heterocycles. The maximum absolute atomic E-state index is 8.49. The van der Waals surface area contributed by atoms with Gasteiger partial charge in [-0.2, -0.15) is 5.26 Å². The highest BCUT2D eigenvalue weighted by Gasteiger charge is 2.05. The van der Waals surface area contributed by atoms with Crippen molar-refractivity contribution in [3.8, 4) is 16.9 Å². The number of hydrogen-bond donors (Lipinski definition) is 0. The van der Waals surface area contributed by atoms with Gasteiger partial charge in [-0.1, -0.05) is 11.2 Å². The van der Waals surface area contributed by atoms with Crippen molar-refractivity contribution in [3.05, 3.63) is 34.2 Å². The monoisotopic (exact) mass is 264 g/mol. The summed E-state index contributed by atoms with van der Waals surface area (Å²) in [5.41, 5.74) is 9.12. The Hall–Kier alpha value is -2.03. The SMILES string of the molecule is COc1cc(CSC#N)ccc1OCCN=[N+]=[N-]. The van der Waals surface area contributed by atoms with Gasteiger partial charge in [-0.3, -0.25) is 0 Å². The normalized spacial score (nSPS) is 9.11. The lowest BCUT2D eigenvalue weighted by molar-refractivity contribution is 0.302. The minimum absolute atomic E-state index is 0.270. The number of methoxy groups -OCH3 is 1. The molecular weight excluding hydrogens is 252 g/mol. The molecule has 0 amide bonds. The molecule has 0 aliphatic rings. The predicted molar refractivity (Wildman–Crippen MR) is 69.4 cm³/mol. The van der Waals surface area contributed by atoms with Crippen molar-refractivity contribution < 1.29 is 9.47 Å². The molecule has 94 valence electrons. The van der Waals surface area contributed by atoms with Gasteiger partial charge < -0.3 is 9.47 Å². The van der Waals surface area contributed by atoms with Crippen LogP contribution in [0.5, 0.6) is 11.5 Å². The fourth-order valence-electron chi connectivity index (χ4n) is 1.28.